The molecule has 0 rings (SSSR count). The lowest BCUT2D eigenvalue weighted by molar-refractivity contribution is -0.125. The molecule has 0 saturated carbocycles. The maximum Gasteiger partial charge on any atom is 0.249 e. The van der Waals surface area contributed by atoms with Gasteiger partial charge >= 0.3 is 0 Å². The Balaban J connectivity index is 2.99. The molecule has 0 saturated heterocycles. The molecule has 1 N–H and O–H groups in total. The number of carbonyl (C=O) groups is 1. The zero-order valence-corrected chi connectivity index (χ0v) is 4.94. The van der Waals surface area contributed by atoms with Crippen molar-refractivity contribution in [3.8, 4) is 0 Å². The zero-order chi connectivity index (χ0) is 6.41. The molecule has 1 radical (unpaired) electrons. The van der Waals surface area contributed by atoms with E-state index < -0.39 is 12.5 Å². The van der Waals surface area contributed by atoms with Crippen LogP contribution in [0.4, 0.5) is 0 Å². The van der Waals surface area contributed by atoms with Gasteiger partial charge in [0.1, 0.15) is 0 Å². The van der Waals surface area contributed by atoms with Crippen LogP contribution in [0.2, 0.25) is 0 Å². The van der Waals surface area contributed by atoms with E-state index in [1.165, 1.54) is 0 Å². The van der Waals surface area contributed by atoms with Crippen molar-refractivity contribution in [2.45, 2.75) is 13.3 Å². The third-order valence-electron chi connectivity index (χ3n) is 0.703. The molecular weight excluding hydrogens is 106 g/mol. The summed E-state index contributed by atoms with van der Waals surface area (Å²) in [5.41, 5.74) is 0. The molecule has 8 heavy (non-hydrogen) atoms. The van der Waals surface area contributed by atoms with Gasteiger partial charge in [-0.25, -0.2) is 5.11 Å². The van der Waals surface area contributed by atoms with Gasteiger partial charge in [0, 0.05) is 6.54 Å². The summed E-state index contributed by atoms with van der Waals surface area (Å²) in [6, 6.07) is 0. The lowest BCUT2D eigenvalue weighted by atomic mass is 10.5. The molecule has 0 aliphatic rings. The number of carbonyl (C=O) groups excluding carboxylic acids is 1. The minimum atomic E-state index is -0.653. The van der Waals surface area contributed by atoms with Gasteiger partial charge in [0.05, 0.1) is 0 Å². The van der Waals surface area contributed by atoms with Gasteiger partial charge in [-0.15, -0.1) is 0 Å². The number of rotatable bonds is 3. The highest BCUT2D eigenvalue weighted by atomic mass is 16.3. The summed E-state index contributed by atoms with van der Waals surface area (Å²) in [4.78, 5) is 10.1. The molecule has 0 aliphatic heterocycles. The second kappa shape index (κ2) is 4.59. The van der Waals surface area contributed by atoms with Crippen molar-refractivity contribution in [2.75, 3.05) is 13.2 Å². The van der Waals surface area contributed by atoms with E-state index in [1.54, 1.807) is 0 Å². The van der Waals surface area contributed by atoms with Gasteiger partial charge in [-0.3, -0.25) is 4.79 Å². The van der Waals surface area contributed by atoms with Crippen molar-refractivity contribution >= 4 is 5.91 Å². The Morgan fingerprint density at radius 3 is 2.62 bits per heavy atom. The summed E-state index contributed by atoms with van der Waals surface area (Å²) >= 11 is 0. The number of hydrogen-bond donors (Lipinski definition) is 1. The second-order valence-electron chi connectivity index (χ2n) is 1.49. The summed E-state index contributed by atoms with van der Waals surface area (Å²) in [6.07, 6.45) is 0.881. The highest BCUT2D eigenvalue weighted by Gasteiger charge is 1.93. The molecule has 3 nitrogen and oxygen atoms in total. The van der Waals surface area contributed by atoms with Crippen molar-refractivity contribution in [2.24, 2.45) is 0 Å². The topological polar surface area (TPSA) is 49.0 Å². The van der Waals surface area contributed by atoms with E-state index in [1.807, 2.05) is 6.92 Å². The summed E-state index contributed by atoms with van der Waals surface area (Å²) in [5, 5.41) is 12.2. The molecule has 0 aromatic rings. The van der Waals surface area contributed by atoms with Gasteiger partial charge in [-0.05, 0) is 6.42 Å². The molecule has 0 unspecified atom stereocenters. The standard InChI is InChI=1S/C5H10NO2/c1-2-3-6-5(8)4-7/h2-4H2,1H3,(H,6,8). The fourth-order valence-electron chi connectivity index (χ4n) is 0.315. The summed E-state index contributed by atoms with van der Waals surface area (Å²) < 4.78 is 0. The van der Waals surface area contributed by atoms with Crippen molar-refractivity contribution in [3.05, 3.63) is 0 Å². The fraction of sp³-hybridized carbons (Fsp3) is 0.800. The Kier molecular flexibility index (Phi) is 4.26. The first kappa shape index (κ1) is 7.43. The highest BCUT2D eigenvalue weighted by Crippen LogP contribution is 1.69. The van der Waals surface area contributed by atoms with Crippen LogP contribution in [0.25, 0.3) is 0 Å². The quantitative estimate of drug-likeness (QED) is 0.552. The van der Waals surface area contributed by atoms with Gasteiger partial charge < -0.3 is 5.32 Å². The molecule has 0 aromatic heterocycles. The van der Waals surface area contributed by atoms with Crippen molar-refractivity contribution in [1.29, 1.82) is 0 Å². The first-order valence-corrected chi connectivity index (χ1v) is 2.66. The largest absolute Gasteiger partial charge is 0.354 e. The number of hydrogen-bond acceptors (Lipinski definition) is 1. The van der Waals surface area contributed by atoms with E-state index in [0.29, 0.717) is 6.54 Å². The minimum Gasteiger partial charge on any atom is -0.354 e. The van der Waals surface area contributed by atoms with Gasteiger partial charge in [0.2, 0.25) is 5.91 Å². The Labute approximate surface area is 48.7 Å². The SMILES string of the molecule is CCCNC(=O)C[O]. The lowest BCUT2D eigenvalue weighted by Crippen LogP contribution is -2.26. The first-order valence-electron chi connectivity index (χ1n) is 2.66. The Morgan fingerprint density at radius 1 is 1.62 bits per heavy atom. The maximum absolute atomic E-state index is 10.1. The summed E-state index contributed by atoms with van der Waals surface area (Å²) in [5.74, 6) is -0.410. The van der Waals surface area contributed by atoms with E-state index in [-0.39, 0.29) is 0 Å². The monoisotopic (exact) mass is 116 g/mol. The average molecular weight is 116 g/mol. The minimum absolute atomic E-state index is 0.410. The van der Waals surface area contributed by atoms with Crippen LogP contribution in [0.1, 0.15) is 13.3 Å². The number of amides is 1. The molecule has 0 aromatic carbocycles. The Morgan fingerprint density at radius 2 is 2.25 bits per heavy atom. The smallest absolute Gasteiger partial charge is 0.249 e. The Hall–Kier alpha value is -0.570. The van der Waals surface area contributed by atoms with E-state index in [0.717, 1.165) is 6.42 Å². The maximum atomic E-state index is 10.1. The van der Waals surface area contributed by atoms with Crippen LogP contribution in [-0.4, -0.2) is 19.1 Å². The van der Waals surface area contributed by atoms with Crippen molar-refractivity contribution in [1.82, 2.24) is 5.32 Å². The van der Waals surface area contributed by atoms with Crippen LogP contribution >= 0.6 is 0 Å². The first-order chi connectivity index (χ1) is 3.81. The average Bonchev–Trinajstić information content (AvgIpc) is 1.83. The van der Waals surface area contributed by atoms with Gasteiger partial charge in [0.25, 0.3) is 0 Å². The van der Waals surface area contributed by atoms with Crippen LogP contribution in [0.15, 0.2) is 0 Å². The third kappa shape index (κ3) is 3.61. The third-order valence-corrected chi connectivity index (χ3v) is 0.703. The zero-order valence-electron chi connectivity index (χ0n) is 4.94. The molecule has 47 valence electrons. The van der Waals surface area contributed by atoms with Crippen LogP contribution in [0.3, 0.4) is 0 Å². The normalized spacial score (nSPS) is 8.75. The molecule has 1 amide bonds. The molecule has 0 spiro atoms. The molecule has 0 aliphatic carbocycles. The highest BCUT2D eigenvalue weighted by molar-refractivity contribution is 5.76. The van der Waals surface area contributed by atoms with Crippen molar-refractivity contribution in [3.63, 3.8) is 0 Å². The lowest BCUT2D eigenvalue weighted by Gasteiger charge is -1.95. The molecule has 0 bridgehead atoms. The fourth-order valence-corrected chi connectivity index (χ4v) is 0.315. The van der Waals surface area contributed by atoms with Crippen LogP contribution < -0.4 is 5.32 Å². The molecule has 0 atom stereocenters. The predicted octanol–water partition coefficient (Wildman–Crippen LogP) is -0.0569. The van der Waals surface area contributed by atoms with Crippen LogP contribution in [-0.2, 0) is 9.90 Å². The summed E-state index contributed by atoms with van der Waals surface area (Å²) in [6.45, 7) is 1.89. The number of nitrogens with one attached hydrogen (secondary N) is 1. The van der Waals surface area contributed by atoms with Crippen molar-refractivity contribution < 1.29 is 9.90 Å². The van der Waals surface area contributed by atoms with Crippen LogP contribution in [0.5, 0.6) is 0 Å². The summed E-state index contributed by atoms with van der Waals surface area (Å²) in [7, 11) is 0. The van der Waals surface area contributed by atoms with Gasteiger partial charge in [-0.1, -0.05) is 6.92 Å². The van der Waals surface area contributed by atoms with E-state index in [2.05, 4.69) is 5.32 Å². The van der Waals surface area contributed by atoms with E-state index in [4.69, 9.17) is 0 Å². The molecule has 0 heterocycles. The van der Waals surface area contributed by atoms with Crippen LogP contribution in [0, 0.1) is 0 Å². The molecule has 0 fully saturated rings. The molecule has 3 heteroatoms. The second-order valence-corrected chi connectivity index (χ2v) is 1.49. The predicted molar refractivity (Wildman–Crippen MR) is 28.9 cm³/mol. The van der Waals surface area contributed by atoms with Gasteiger partial charge in [0.15, 0.2) is 6.61 Å². The van der Waals surface area contributed by atoms with Gasteiger partial charge in [-0.2, -0.15) is 0 Å². The molecular formula is C5H10NO2. The Bertz CT molecular complexity index is 72.8. The van der Waals surface area contributed by atoms with E-state index in [9.17, 15) is 9.90 Å². The van der Waals surface area contributed by atoms with E-state index >= 15 is 0 Å².